The van der Waals surface area contributed by atoms with Crippen molar-refractivity contribution in [3.05, 3.63) is 0 Å². The van der Waals surface area contributed by atoms with Gasteiger partial charge in [-0.25, -0.2) is 0 Å². The Balaban J connectivity index is 3.40. The minimum Gasteiger partial charge on any atom is -0.755 e. The van der Waals surface area contributed by atoms with Gasteiger partial charge in [-0.3, -0.25) is 13.7 Å². The maximum absolute atomic E-state index is 10.1. The molecule has 45 valence electrons. The number of rotatable bonds is 2. The molecule has 1 atom stereocenters. The predicted octanol–water partition coefficient (Wildman–Crippen LogP) is -0.758. The summed E-state index contributed by atoms with van der Waals surface area (Å²) in [6, 6.07) is 0. The van der Waals surface area contributed by atoms with Gasteiger partial charge < -0.3 is 4.55 Å². The summed E-state index contributed by atoms with van der Waals surface area (Å²) >= 11 is -2.48. The molecule has 0 aromatic rings. The molecule has 8 heavy (non-hydrogen) atoms. The Morgan fingerprint density at radius 1 is 1.88 bits per heavy atom. The molecule has 0 aliphatic rings. The smallest absolute Gasteiger partial charge is 0.230 e. The van der Waals surface area contributed by atoms with Crippen LogP contribution in [0.1, 0.15) is 0 Å². The van der Waals surface area contributed by atoms with Crippen LogP contribution < -0.4 is 4.72 Å². The number of carbonyl (C=O) groups is 1. The lowest BCUT2D eigenvalue weighted by molar-refractivity contribution is 0.263. The first-order valence-corrected chi connectivity index (χ1v) is 2.93. The first-order valence-electron chi connectivity index (χ1n) is 1.86. The van der Waals surface area contributed by atoms with Crippen molar-refractivity contribution in [2.75, 3.05) is 0 Å². The van der Waals surface area contributed by atoms with Gasteiger partial charge in [-0.05, 0) is 0 Å². The molecule has 0 saturated carbocycles. The van der Waals surface area contributed by atoms with Crippen molar-refractivity contribution in [1.82, 2.24) is 4.72 Å². The lowest BCUT2D eigenvalue weighted by atomic mass is 9.82. The lowest BCUT2D eigenvalue weighted by Gasteiger charge is -2.03. The molecule has 6 heteroatoms. The summed E-state index contributed by atoms with van der Waals surface area (Å²) in [7, 11) is 1.12. The highest BCUT2D eigenvalue weighted by atomic mass is 32.2. The monoisotopic (exact) mass is 133 g/mol. The van der Waals surface area contributed by atoms with Crippen LogP contribution in [0.25, 0.3) is 0 Å². The van der Waals surface area contributed by atoms with Gasteiger partial charge in [-0.15, -0.1) is 0 Å². The van der Waals surface area contributed by atoms with Crippen molar-refractivity contribution >= 4 is 24.4 Å². The normalized spacial score (nSPS) is 12.2. The molecule has 0 bridgehead atoms. The third-order valence-corrected chi connectivity index (χ3v) is 0.814. The Kier molecular flexibility index (Phi) is 3.46. The zero-order valence-electron chi connectivity index (χ0n) is 4.21. The van der Waals surface area contributed by atoms with Gasteiger partial charge in [0.25, 0.3) is 0 Å². The number of hydrogen-bond donors (Lipinski definition) is 1. The van der Waals surface area contributed by atoms with Crippen LogP contribution >= 0.6 is 0 Å². The summed E-state index contributed by atoms with van der Waals surface area (Å²) in [5.74, 6) is -0.613. The highest BCUT2D eigenvalue weighted by Crippen LogP contribution is 1.67. The van der Waals surface area contributed by atoms with Crippen molar-refractivity contribution in [3.63, 3.8) is 0 Å². The maximum atomic E-state index is 10.1. The molecule has 1 amide bonds. The Labute approximate surface area is 50.3 Å². The van der Waals surface area contributed by atoms with Crippen molar-refractivity contribution in [3.8, 4) is 0 Å². The number of amides is 1. The Hall–Kier alpha value is -0.355. The summed E-state index contributed by atoms with van der Waals surface area (Å²) < 4.78 is 20.8. The van der Waals surface area contributed by atoms with Crippen molar-refractivity contribution in [2.24, 2.45) is 0 Å². The maximum Gasteiger partial charge on any atom is 0.230 e. The van der Waals surface area contributed by atoms with Crippen molar-refractivity contribution < 1.29 is 13.6 Å². The topological polar surface area (TPSA) is 69.2 Å². The predicted molar refractivity (Wildman–Crippen MR) is 29.1 cm³/mol. The van der Waals surface area contributed by atoms with Crippen LogP contribution in [-0.2, 0) is 11.3 Å². The highest BCUT2D eigenvalue weighted by Gasteiger charge is 1.93. The SMILES string of the molecule is C[B]C(=O)NS(=O)[O-]. The number of hydrogen-bond acceptors (Lipinski definition) is 3. The van der Waals surface area contributed by atoms with E-state index in [9.17, 15) is 13.6 Å². The fraction of sp³-hybridized carbons (Fsp3) is 0.500. The van der Waals surface area contributed by atoms with Gasteiger partial charge in [-0.1, -0.05) is 6.82 Å². The zero-order valence-corrected chi connectivity index (χ0v) is 5.03. The first-order chi connectivity index (χ1) is 3.66. The Morgan fingerprint density at radius 3 is 2.50 bits per heavy atom. The quantitative estimate of drug-likeness (QED) is 0.397. The van der Waals surface area contributed by atoms with Gasteiger partial charge in [-0.2, -0.15) is 0 Å². The van der Waals surface area contributed by atoms with Gasteiger partial charge in [0, 0.05) is 11.3 Å². The summed E-state index contributed by atoms with van der Waals surface area (Å²) in [4.78, 5) is 10.1. The average molecular weight is 133 g/mol. The molecule has 1 radical (unpaired) electrons. The van der Waals surface area contributed by atoms with Gasteiger partial charge >= 0.3 is 0 Å². The van der Waals surface area contributed by atoms with E-state index >= 15 is 0 Å². The molecule has 0 spiro atoms. The van der Waals surface area contributed by atoms with E-state index in [1.54, 1.807) is 4.72 Å². The lowest BCUT2D eigenvalue weighted by Crippen LogP contribution is -2.26. The molecule has 0 rings (SSSR count). The average Bonchev–Trinajstić information content (AvgIpc) is 1.65. The second-order valence-corrected chi connectivity index (χ2v) is 1.66. The van der Waals surface area contributed by atoms with Crippen LogP contribution in [0.2, 0.25) is 6.82 Å². The number of nitrogens with one attached hydrogen (secondary N) is 1. The summed E-state index contributed by atoms with van der Waals surface area (Å²) in [5, 5.41) is 0. The Bertz CT molecular complexity index is 116. The molecule has 4 nitrogen and oxygen atoms in total. The molecular weight excluding hydrogens is 129 g/mol. The van der Waals surface area contributed by atoms with Crippen LogP contribution in [0.15, 0.2) is 0 Å². The van der Waals surface area contributed by atoms with E-state index in [1.807, 2.05) is 0 Å². The van der Waals surface area contributed by atoms with E-state index in [0.29, 0.717) is 0 Å². The second-order valence-electron chi connectivity index (χ2n) is 0.990. The van der Waals surface area contributed by atoms with E-state index in [0.717, 1.165) is 7.28 Å². The standard InChI is InChI=1S/C2H5BNO3S/c1-3-2(5)4-8(6)7/h1H3,(H,4,5)(H,6,7)/p-1. The molecule has 0 aliphatic heterocycles. The van der Waals surface area contributed by atoms with Gasteiger partial charge in [0.2, 0.25) is 7.28 Å². The van der Waals surface area contributed by atoms with Crippen LogP contribution in [0.5, 0.6) is 0 Å². The van der Waals surface area contributed by atoms with E-state index in [-0.39, 0.29) is 0 Å². The van der Waals surface area contributed by atoms with E-state index in [4.69, 9.17) is 0 Å². The fourth-order valence-corrected chi connectivity index (χ4v) is 0.423. The largest absolute Gasteiger partial charge is 0.755 e. The van der Waals surface area contributed by atoms with Crippen LogP contribution in [0.3, 0.4) is 0 Å². The second kappa shape index (κ2) is 3.62. The highest BCUT2D eigenvalue weighted by molar-refractivity contribution is 7.77. The molecule has 0 saturated heterocycles. The van der Waals surface area contributed by atoms with E-state index in [1.165, 1.54) is 6.82 Å². The molecule has 1 N–H and O–H groups in total. The minimum atomic E-state index is -2.48. The van der Waals surface area contributed by atoms with Gasteiger partial charge in [0.05, 0.1) is 0 Å². The zero-order chi connectivity index (χ0) is 6.57. The molecule has 0 aromatic carbocycles. The Morgan fingerprint density at radius 2 is 2.38 bits per heavy atom. The van der Waals surface area contributed by atoms with Crippen LogP contribution in [0, 0.1) is 0 Å². The number of carbonyl (C=O) groups excluding carboxylic acids is 1. The molecule has 0 aliphatic carbocycles. The summed E-state index contributed by atoms with van der Waals surface area (Å²) in [6.45, 7) is 1.45. The van der Waals surface area contributed by atoms with Crippen LogP contribution in [0.4, 0.5) is 4.79 Å². The minimum absolute atomic E-state index is 0.613. The first kappa shape index (κ1) is 7.64. The van der Waals surface area contributed by atoms with Crippen molar-refractivity contribution in [2.45, 2.75) is 6.82 Å². The third-order valence-electron chi connectivity index (χ3n) is 0.446. The summed E-state index contributed by atoms with van der Waals surface area (Å²) in [6.07, 6.45) is 0. The summed E-state index contributed by atoms with van der Waals surface area (Å²) in [5.41, 5.74) is 0. The van der Waals surface area contributed by atoms with Gasteiger partial charge in [0.1, 0.15) is 0 Å². The molecule has 0 heterocycles. The fourth-order valence-electron chi connectivity index (χ4n) is 0.141. The van der Waals surface area contributed by atoms with E-state index < -0.39 is 17.1 Å². The van der Waals surface area contributed by atoms with E-state index in [2.05, 4.69) is 0 Å². The molecule has 0 fully saturated rings. The third kappa shape index (κ3) is 3.82. The molecule has 0 aromatic heterocycles. The van der Waals surface area contributed by atoms with Gasteiger partial charge in [0.15, 0.2) is 5.81 Å². The van der Waals surface area contributed by atoms with Crippen LogP contribution in [-0.4, -0.2) is 21.8 Å². The molecular formula is C2H4BNO3S-. The molecule has 1 unspecified atom stereocenters. The van der Waals surface area contributed by atoms with Crippen molar-refractivity contribution in [1.29, 1.82) is 0 Å².